The molecule has 0 unspecified atom stereocenters. The van der Waals surface area contributed by atoms with Crippen molar-refractivity contribution < 1.29 is 19.7 Å². The highest BCUT2D eigenvalue weighted by Crippen LogP contribution is 2.37. The summed E-state index contributed by atoms with van der Waals surface area (Å²) in [6, 6.07) is 8.08. The van der Waals surface area contributed by atoms with Crippen LogP contribution in [0.2, 0.25) is 0 Å². The molecular weight excluding hydrogens is 528 g/mol. The highest BCUT2D eigenvalue weighted by molar-refractivity contribution is 5.96. The van der Waals surface area contributed by atoms with Crippen LogP contribution in [0.3, 0.4) is 0 Å². The quantitative estimate of drug-likeness (QED) is 0.160. The van der Waals surface area contributed by atoms with Gasteiger partial charge in [-0.15, -0.1) is 0 Å². The number of aryl methyl sites for hydroxylation is 2. The SMILES string of the molecule is C=Cc1c(C)c2cc3[nH]c(cc4nc(cc5nc(cc1[nH]2)C(C)=C5CCC(=O)O)C(CCOCO)=C4C)c(C)c3C=C. The summed E-state index contributed by atoms with van der Waals surface area (Å²) in [5.74, 6) is -0.861. The van der Waals surface area contributed by atoms with Gasteiger partial charge in [-0.25, -0.2) is 9.97 Å². The summed E-state index contributed by atoms with van der Waals surface area (Å²) in [5, 5.41) is 18.7. The lowest BCUT2D eigenvalue weighted by molar-refractivity contribution is -0.136. The number of ether oxygens (including phenoxy) is 1. The molecule has 0 saturated heterocycles. The average molecular weight is 565 g/mol. The lowest BCUT2D eigenvalue weighted by atomic mass is 9.99. The molecular formula is C34H36N4O4. The number of aromatic nitrogens is 4. The van der Waals surface area contributed by atoms with E-state index in [0.717, 1.165) is 83.7 Å². The van der Waals surface area contributed by atoms with Gasteiger partial charge >= 0.3 is 5.97 Å². The van der Waals surface area contributed by atoms with Crippen molar-refractivity contribution in [3.05, 3.63) is 82.5 Å². The number of aliphatic carboxylic acids is 1. The number of fused-ring (bicyclic) bond motifs is 8. The molecule has 216 valence electrons. The number of aliphatic hydroxyl groups excluding tert-OH is 1. The fraction of sp³-hybridized carbons (Fsp3) is 0.265. The third-order valence-corrected chi connectivity index (χ3v) is 8.22. The minimum Gasteiger partial charge on any atom is -0.481 e. The molecule has 8 bridgehead atoms. The Morgan fingerprint density at radius 1 is 0.786 bits per heavy atom. The summed E-state index contributed by atoms with van der Waals surface area (Å²) in [5.41, 5.74) is 14.6. The summed E-state index contributed by atoms with van der Waals surface area (Å²) in [4.78, 5) is 28.7. The Kier molecular flexibility index (Phi) is 8.11. The van der Waals surface area contributed by atoms with E-state index < -0.39 is 5.97 Å². The topological polar surface area (TPSA) is 124 Å². The molecule has 0 aromatic carbocycles. The van der Waals surface area contributed by atoms with Crippen LogP contribution in [-0.2, 0) is 9.53 Å². The van der Waals surface area contributed by atoms with Crippen molar-refractivity contribution in [1.82, 2.24) is 19.9 Å². The zero-order valence-corrected chi connectivity index (χ0v) is 24.5. The van der Waals surface area contributed by atoms with Crippen LogP contribution in [0.15, 0.2) is 37.4 Å². The number of H-pyrrole nitrogens is 2. The number of aliphatic hydroxyl groups is 1. The molecule has 3 aromatic rings. The highest BCUT2D eigenvalue weighted by Gasteiger charge is 2.22. The molecule has 0 spiro atoms. The zero-order chi connectivity index (χ0) is 30.1. The van der Waals surface area contributed by atoms with Crippen molar-refractivity contribution in [2.24, 2.45) is 0 Å². The Balaban J connectivity index is 1.91. The van der Waals surface area contributed by atoms with Gasteiger partial charge in [0.15, 0.2) is 0 Å². The van der Waals surface area contributed by atoms with Crippen molar-refractivity contribution in [1.29, 1.82) is 0 Å². The van der Waals surface area contributed by atoms with E-state index in [1.807, 2.05) is 44.2 Å². The maximum Gasteiger partial charge on any atom is 0.303 e. The fourth-order valence-corrected chi connectivity index (χ4v) is 5.77. The Bertz CT molecular complexity index is 1850. The van der Waals surface area contributed by atoms with Crippen LogP contribution in [0, 0.1) is 13.8 Å². The molecule has 0 radical (unpaired) electrons. The first-order valence-electron chi connectivity index (χ1n) is 14.0. The second-order valence-electron chi connectivity index (χ2n) is 10.6. The molecule has 0 amide bonds. The molecule has 0 aliphatic carbocycles. The van der Waals surface area contributed by atoms with Gasteiger partial charge < -0.3 is 24.9 Å². The molecule has 0 fully saturated rings. The molecule has 8 heteroatoms. The van der Waals surface area contributed by atoms with Crippen LogP contribution in [-0.4, -0.2) is 49.5 Å². The van der Waals surface area contributed by atoms with Gasteiger partial charge in [0.05, 0.1) is 29.4 Å². The van der Waals surface area contributed by atoms with Gasteiger partial charge in [0.1, 0.15) is 6.79 Å². The summed E-state index contributed by atoms with van der Waals surface area (Å²) >= 11 is 0. The number of rotatable bonds is 9. The van der Waals surface area contributed by atoms with Gasteiger partial charge in [-0.05, 0) is 98.2 Å². The minimum absolute atomic E-state index is 0.00498. The van der Waals surface area contributed by atoms with Gasteiger partial charge in [0.2, 0.25) is 0 Å². The fourth-order valence-electron chi connectivity index (χ4n) is 5.77. The van der Waals surface area contributed by atoms with Gasteiger partial charge in [0.25, 0.3) is 0 Å². The minimum atomic E-state index is -0.861. The van der Waals surface area contributed by atoms with Gasteiger partial charge in [0, 0.05) is 39.6 Å². The number of nitrogens with zero attached hydrogens (tertiary/aromatic N) is 2. The maximum atomic E-state index is 11.5. The predicted octanol–water partition coefficient (Wildman–Crippen LogP) is 7.30. The highest BCUT2D eigenvalue weighted by atomic mass is 16.6. The van der Waals surface area contributed by atoms with Gasteiger partial charge in [-0.2, -0.15) is 0 Å². The normalized spacial score (nSPS) is 13.2. The first-order chi connectivity index (χ1) is 20.2. The molecule has 8 nitrogen and oxygen atoms in total. The van der Waals surface area contributed by atoms with E-state index in [9.17, 15) is 15.0 Å². The lowest BCUT2D eigenvalue weighted by Crippen LogP contribution is -1.98. The maximum absolute atomic E-state index is 11.5. The molecule has 5 heterocycles. The Morgan fingerprint density at radius 2 is 1.29 bits per heavy atom. The summed E-state index contributed by atoms with van der Waals surface area (Å²) < 4.78 is 5.27. The first-order valence-corrected chi connectivity index (χ1v) is 14.0. The standard InChI is InChI=1S/C34H36N4O4/c1-7-22-18(3)26-13-27-21(6)25(11-12-42-17-39)33(37-27)16-32-24(9-10-34(40)41)20(5)29(38-32)15-31-23(8-2)19(4)28(36-31)14-30(22)35-26/h7-8,13-16,35-36,39H,1-2,9-12,17H2,3-6H3,(H,40,41). The molecule has 2 aliphatic heterocycles. The van der Waals surface area contributed by atoms with E-state index >= 15 is 0 Å². The number of carbonyl (C=O) groups is 1. The molecule has 0 saturated carbocycles. The van der Waals surface area contributed by atoms with Crippen LogP contribution < -0.4 is 0 Å². The monoisotopic (exact) mass is 564 g/mol. The summed E-state index contributed by atoms with van der Waals surface area (Å²) in [6.45, 7) is 16.2. The second kappa shape index (κ2) is 11.8. The largest absolute Gasteiger partial charge is 0.481 e. The number of allylic oxidation sites excluding steroid dienone is 3. The van der Waals surface area contributed by atoms with Crippen molar-refractivity contribution in [2.75, 3.05) is 13.4 Å². The zero-order valence-electron chi connectivity index (χ0n) is 24.5. The summed E-state index contributed by atoms with van der Waals surface area (Å²) in [6.07, 6.45) is 4.60. The van der Waals surface area contributed by atoms with Crippen LogP contribution in [0.4, 0.5) is 0 Å². The average Bonchev–Trinajstić information content (AvgIpc) is 3.61. The van der Waals surface area contributed by atoms with E-state index in [0.29, 0.717) is 25.1 Å². The Hall–Kier alpha value is -4.53. The molecule has 2 aliphatic rings. The molecule has 42 heavy (non-hydrogen) atoms. The van der Waals surface area contributed by atoms with E-state index in [1.165, 1.54) is 0 Å². The van der Waals surface area contributed by atoms with Crippen LogP contribution in [0.5, 0.6) is 0 Å². The second-order valence-corrected chi connectivity index (χ2v) is 10.6. The summed E-state index contributed by atoms with van der Waals surface area (Å²) in [7, 11) is 0. The van der Waals surface area contributed by atoms with E-state index in [-0.39, 0.29) is 13.2 Å². The third kappa shape index (κ3) is 5.26. The molecule has 4 N–H and O–H groups in total. The van der Waals surface area contributed by atoms with Crippen LogP contribution >= 0.6 is 0 Å². The van der Waals surface area contributed by atoms with Crippen molar-refractivity contribution >= 4 is 62.5 Å². The third-order valence-electron chi connectivity index (χ3n) is 8.22. The lowest BCUT2D eigenvalue weighted by Gasteiger charge is -2.06. The molecule has 3 aromatic heterocycles. The van der Waals surface area contributed by atoms with E-state index in [1.54, 1.807) is 0 Å². The smallest absolute Gasteiger partial charge is 0.303 e. The van der Waals surface area contributed by atoms with E-state index in [4.69, 9.17) is 14.7 Å². The number of hydrogen-bond donors (Lipinski definition) is 4. The first kappa shape index (κ1) is 29.0. The Morgan fingerprint density at radius 3 is 1.81 bits per heavy atom. The van der Waals surface area contributed by atoms with Crippen molar-refractivity contribution in [3.63, 3.8) is 0 Å². The number of carboxylic acid groups (broad SMARTS) is 1. The number of aromatic amines is 2. The number of nitrogens with one attached hydrogen (secondary N) is 2. The van der Waals surface area contributed by atoms with Crippen molar-refractivity contribution in [2.45, 2.75) is 47.0 Å². The van der Waals surface area contributed by atoms with Gasteiger partial charge in [-0.3, -0.25) is 4.79 Å². The molecule has 5 rings (SSSR count). The van der Waals surface area contributed by atoms with Crippen LogP contribution in [0.1, 0.15) is 78.1 Å². The van der Waals surface area contributed by atoms with Crippen LogP contribution in [0.25, 0.3) is 56.5 Å². The van der Waals surface area contributed by atoms with Crippen molar-refractivity contribution in [3.8, 4) is 0 Å². The van der Waals surface area contributed by atoms with Gasteiger partial charge in [-0.1, -0.05) is 25.3 Å². The number of hydrogen-bond acceptors (Lipinski definition) is 5. The molecule has 0 atom stereocenters. The number of carboxylic acids is 1. The predicted molar refractivity (Wildman–Crippen MR) is 170 cm³/mol. The van der Waals surface area contributed by atoms with E-state index in [2.05, 4.69) is 43.0 Å². The Labute approximate surface area is 244 Å².